The molecule has 0 unspecified atom stereocenters. The van der Waals surface area contributed by atoms with Crippen molar-refractivity contribution < 1.29 is 19.1 Å². The molecule has 0 radical (unpaired) electrons. The molecule has 0 aliphatic heterocycles. The smallest absolute Gasteiger partial charge is 0.273 e. The number of hydrogen-bond acceptors (Lipinski definition) is 6. The Morgan fingerprint density at radius 1 is 1.09 bits per heavy atom. The van der Waals surface area contributed by atoms with Crippen LogP contribution < -0.4 is 14.8 Å². The van der Waals surface area contributed by atoms with Crippen molar-refractivity contribution in [1.82, 2.24) is 9.88 Å². The van der Waals surface area contributed by atoms with Crippen LogP contribution in [-0.2, 0) is 4.79 Å². The highest BCUT2D eigenvalue weighted by Gasteiger charge is 2.21. The second-order valence-electron chi connectivity index (χ2n) is 7.56. The molecule has 1 heterocycles. The van der Waals surface area contributed by atoms with E-state index in [4.69, 9.17) is 9.47 Å². The van der Waals surface area contributed by atoms with Gasteiger partial charge in [-0.2, -0.15) is 0 Å². The molecule has 3 rings (SSSR count). The molecule has 0 spiro atoms. The lowest BCUT2D eigenvalue weighted by atomic mass is 10.1. The summed E-state index contributed by atoms with van der Waals surface area (Å²) in [7, 11) is 4.71. The number of nitrogens with zero attached hydrogens (tertiary/aromatic N) is 2. The van der Waals surface area contributed by atoms with Gasteiger partial charge in [-0.15, -0.1) is 11.3 Å². The molecule has 2 aromatic carbocycles. The Morgan fingerprint density at radius 3 is 2.41 bits per heavy atom. The molecule has 0 bridgehead atoms. The predicted molar refractivity (Wildman–Crippen MR) is 127 cm³/mol. The summed E-state index contributed by atoms with van der Waals surface area (Å²) in [4.78, 5) is 31.3. The van der Waals surface area contributed by atoms with E-state index in [2.05, 4.69) is 10.3 Å². The maximum Gasteiger partial charge on any atom is 0.273 e. The predicted octanol–water partition coefficient (Wildman–Crippen LogP) is 4.46. The molecule has 2 amide bonds. The first-order chi connectivity index (χ1) is 15.2. The highest BCUT2D eigenvalue weighted by Crippen LogP contribution is 2.39. The van der Waals surface area contributed by atoms with Crippen molar-refractivity contribution in [2.24, 2.45) is 0 Å². The van der Waals surface area contributed by atoms with Crippen LogP contribution in [0.15, 0.2) is 35.7 Å². The van der Waals surface area contributed by atoms with E-state index in [9.17, 15) is 9.59 Å². The van der Waals surface area contributed by atoms with Crippen molar-refractivity contribution in [3.05, 3.63) is 58.1 Å². The quantitative estimate of drug-likeness (QED) is 0.571. The summed E-state index contributed by atoms with van der Waals surface area (Å²) in [6.45, 7) is 5.84. The number of likely N-dealkylation sites (N-methyl/N-ethyl adjacent to an activating group) is 1. The molecule has 0 saturated heterocycles. The SMILES string of the molecule is COc1cccc(-c2nc(C(=O)N(C)CC(=O)Nc3c(C)cc(C)cc3C)cs2)c1OC. The molecule has 3 aromatic rings. The van der Waals surface area contributed by atoms with Crippen LogP contribution in [0.1, 0.15) is 27.2 Å². The Labute approximate surface area is 192 Å². The number of hydrogen-bond donors (Lipinski definition) is 1. The number of carbonyl (C=O) groups is 2. The van der Waals surface area contributed by atoms with Gasteiger partial charge in [-0.1, -0.05) is 23.8 Å². The van der Waals surface area contributed by atoms with Crippen LogP contribution in [0, 0.1) is 20.8 Å². The minimum atomic E-state index is -0.332. The van der Waals surface area contributed by atoms with Crippen LogP contribution in [0.3, 0.4) is 0 Å². The van der Waals surface area contributed by atoms with E-state index >= 15 is 0 Å². The van der Waals surface area contributed by atoms with Crippen LogP contribution in [0.25, 0.3) is 10.6 Å². The molecule has 1 aromatic heterocycles. The second-order valence-corrected chi connectivity index (χ2v) is 8.42. The molecular weight excluding hydrogens is 426 g/mol. The Hall–Kier alpha value is -3.39. The molecule has 0 atom stereocenters. The second kappa shape index (κ2) is 9.82. The minimum absolute atomic E-state index is 0.0824. The van der Waals surface area contributed by atoms with Gasteiger partial charge in [0.05, 0.1) is 26.3 Å². The van der Waals surface area contributed by atoms with Gasteiger partial charge in [0.2, 0.25) is 5.91 Å². The van der Waals surface area contributed by atoms with E-state index in [1.165, 1.54) is 16.2 Å². The summed E-state index contributed by atoms with van der Waals surface area (Å²) in [5.74, 6) is 0.547. The molecule has 0 fully saturated rings. The number of amides is 2. The number of nitrogens with one attached hydrogen (secondary N) is 1. The molecule has 7 nitrogen and oxygen atoms in total. The average molecular weight is 454 g/mol. The van der Waals surface area contributed by atoms with Gasteiger partial charge in [0.1, 0.15) is 10.7 Å². The highest BCUT2D eigenvalue weighted by molar-refractivity contribution is 7.13. The van der Waals surface area contributed by atoms with Crippen LogP contribution in [-0.4, -0.2) is 49.5 Å². The Balaban J connectivity index is 1.73. The van der Waals surface area contributed by atoms with Crippen molar-refractivity contribution in [3.8, 4) is 22.1 Å². The number of thiazole rings is 1. The van der Waals surface area contributed by atoms with Gasteiger partial charge < -0.3 is 19.7 Å². The van der Waals surface area contributed by atoms with E-state index in [0.717, 1.165) is 27.9 Å². The number of ether oxygens (including phenoxy) is 2. The zero-order valence-electron chi connectivity index (χ0n) is 19.1. The number of carbonyl (C=O) groups excluding carboxylic acids is 2. The normalized spacial score (nSPS) is 10.6. The third-order valence-corrected chi connectivity index (χ3v) is 5.90. The zero-order chi connectivity index (χ0) is 23.4. The monoisotopic (exact) mass is 453 g/mol. The maximum absolute atomic E-state index is 12.9. The Bertz CT molecular complexity index is 1130. The molecule has 0 saturated carbocycles. The summed E-state index contributed by atoms with van der Waals surface area (Å²) in [5.41, 5.74) is 4.90. The van der Waals surface area contributed by atoms with Crippen molar-refractivity contribution in [2.75, 3.05) is 33.1 Å². The van der Waals surface area contributed by atoms with Gasteiger partial charge in [0.15, 0.2) is 11.5 Å². The van der Waals surface area contributed by atoms with Gasteiger partial charge in [-0.05, 0) is 44.0 Å². The Kier molecular flexibility index (Phi) is 7.15. The molecule has 32 heavy (non-hydrogen) atoms. The largest absolute Gasteiger partial charge is 0.493 e. The zero-order valence-corrected chi connectivity index (χ0v) is 19.9. The summed E-state index contributed by atoms with van der Waals surface area (Å²) in [6.07, 6.45) is 0. The summed E-state index contributed by atoms with van der Waals surface area (Å²) in [6, 6.07) is 9.52. The molecule has 0 aliphatic carbocycles. The van der Waals surface area contributed by atoms with Crippen LogP contribution in [0.4, 0.5) is 5.69 Å². The van der Waals surface area contributed by atoms with Crippen molar-refractivity contribution >= 4 is 28.8 Å². The number of aryl methyl sites for hydroxylation is 3. The lowest BCUT2D eigenvalue weighted by Crippen LogP contribution is -2.35. The van der Waals surface area contributed by atoms with Gasteiger partial charge in [0.25, 0.3) is 5.91 Å². The summed E-state index contributed by atoms with van der Waals surface area (Å²) in [5, 5.41) is 5.23. The third kappa shape index (κ3) is 4.91. The molecule has 168 valence electrons. The standard InChI is InChI=1S/C24H27N3O4S/c1-14-10-15(2)21(16(3)11-14)26-20(28)12-27(4)24(29)18-13-32-23(25-18)17-8-7-9-19(30-5)22(17)31-6/h7-11,13H,12H2,1-6H3,(H,26,28). The van der Waals surface area contributed by atoms with Crippen molar-refractivity contribution in [2.45, 2.75) is 20.8 Å². The fraction of sp³-hybridized carbons (Fsp3) is 0.292. The van der Waals surface area contributed by atoms with Crippen molar-refractivity contribution in [3.63, 3.8) is 0 Å². The van der Waals surface area contributed by atoms with E-state index in [0.29, 0.717) is 16.5 Å². The first-order valence-corrected chi connectivity index (χ1v) is 10.9. The lowest BCUT2D eigenvalue weighted by Gasteiger charge is -2.17. The number of aromatic nitrogens is 1. The number of para-hydroxylation sites is 1. The maximum atomic E-state index is 12.9. The van der Waals surface area contributed by atoms with Gasteiger partial charge in [-0.3, -0.25) is 9.59 Å². The molecule has 0 aliphatic rings. The minimum Gasteiger partial charge on any atom is -0.493 e. The van der Waals surface area contributed by atoms with Gasteiger partial charge in [0, 0.05) is 18.1 Å². The fourth-order valence-electron chi connectivity index (χ4n) is 3.59. The van der Waals surface area contributed by atoms with Crippen LogP contribution in [0.5, 0.6) is 11.5 Å². The molecule has 8 heteroatoms. The average Bonchev–Trinajstić information content (AvgIpc) is 3.24. The van der Waals surface area contributed by atoms with Crippen molar-refractivity contribution in [1.29, 1.82) is 0 Å². The number of methoxy groups -OCH3 is 2. The van der Waals surface area contributed by atoms with E-state index in [1.54, 1.807) is 32.7 Å². The first-order valence-electron chi connectivity index (χ1n) is 10.0. The highest BCUT2D eigenvalue weighted by atomic mass is 32.1. The van der Waals surface area contributed by atoms with Crippen LogP contribution in [0.2, 0.25) is 0 Å². The van der Waals surface area contributed by atoms with Crippen LogP contribution >= 0.6 is 11.3 Å². The number of rotatable bonds is 7. The lowest BCUT2D eigenvalue weighted by molar-refractivity contribution is -0.116. The number of anilines is 1. The van der Waals surface area contributed by atoms with E-state index < -0.39 is 0 Å². The van der Waals surface area contributed by atoms with E-state index in [-0.39, 0.29) is 24.1 Å². The topological polar surface area (TPSA) is 80.8 Å². The fourth-order valence-corrected chi connectivity index (χ4v) is 4.41. The third-order valence-electron chi connectivity index (χ3n) is 5.03. The summed E-state index contributed by atoms with van der Waals surface area (Å²) < 4.78 is 10.8. The van der Waals surface area contributed by atoms with Gasteiger partial charge >= 0.3 is 0 Å². The Morgan fingerprint density at radius 2 is 1.78 bits per heavy atom. The number of benzene rings is 2. The first kappa shape index (κ1) is 23.3. The van der Waals surface area contributed by atoms with E-state index in [1.807, 2.05) is 45.0 Å². The molecular formula is C24H27N3O4S. The van der Waals surface area contributed by atoms with Gasteiger partial charge in [-0.25, -0.2) is 4.98 Å². The molecule has 1 N–H and O–H groups in total. The summed E-state index contributed by atoms with van der Waals surface area (Å²) >= 11 is 1.33.